The highest BCUT2D eigenvalue weighted by Crippen LogP contribution is 2.33. The van der Waals surface area contributed by atoms with Gasteiger partial charge in [0.25, 0.3) is 5.91 Å². The number of ether oxygens (including phenoxy) is 2. The summed E-state index contributed by atoms with van der Waals surface area (Å²) in [6.45, 7) is 9.97. The number of hydrogen-bond acceptors (Lipinski definition) is 8. The molecule has 0 unspecified atom stereocenters. The van der Waals surface area contributed by atoms with Crippen molar-refractivity contribution < 1.29 is 22.7 Å². The van der Waals surface area contributed by atoms with Crippen molar-refractivity contribution in [2.75, 3.05) is 62.8 Å². The quantitative estimate of drug-likeness (QED) is 0.682. The average Bonchev–Trinajstić information content (AvgIpc) is 3.31. The molecule has 0 bridgehead atoms. The minimum Gasteiger partial charge on any atom is -0.379 e. The van der Waals surface area contributed by atoms with Crippen LogP contribution in [0.2, 0.25) is 0 Å². The molecule has 180 valence electrons. The number of amides is 1. The molecule has 2 aromatic rings. The lowest BCUT2D eigenvalue weighted by molar-refractivity contribution is 0.0730. The Kier molecular flexibility index (Phi) is 7.06. The van der Waals surface area contributed by atoms with Crippen molar-refractivity contribution >= 4 is 38.6 Å². The number of benzene rings is 1. The maximum Gasteiger partial charge on any atom is 0.267 e. The van der Waals surface area contributed by atoms with Crippen LogP contribution in [0.4, 0.5) is 11.4 Å². The van der Waals surface area contributed by atoms with Gasteiger partial charge >= 0.3 is 0 Å². The number of sulfonamides is 1. The van der Waals surface area contributed by atoms with Crippen LogP contribution in [0.15, 0.2) is 29.3 Å². The number of hydrogen-bond donors (Lipinski definition) is 1. The van der Waals surface area contributed by atoms with Gasteiger partial charge in [-0.25, -0.2) is 13.4 Å². The van der Waals surface area contributed by atoms with E-state index in [0.717, 1.165) is 10.7 Å². The lowest BCUT2D eigenvalue weighted by Gasteiger charge is -2.31. The van der Waals surface area contributed by atoms with Crippen molar-refractivity contribution in [1.29, 1.82) is 0 Å². The first-order valence-electron chi connectivity index (χ1n) is 11.0. The molecule has 0 spiro atoms. The smallest absolute Gasteiger partial charge is 0.267 e. The van der Waals surface area contributed by atoms with Gasteiger partial charge in [-0.1, -0.05) is 20.8 Å². The second-order valence-corrected chi connectivity index (χ2v) is 12.0. The third-order valence-electron chi connectivity index (χ3n) is 5.55. The minimum absolute atomic E-state index is 0.149. The highest BCUT2D eigenvalue weighted by Gasteiger charge is 2.28. The molecule has 9 nitrogen and oxygen atoms in total. The van der Waals surface area contributed by atoms with Crippen LogP contribution in [-0.4, -0.2) is 76.2 Å². The van der Waals surface area contributed by atoms with E-state index in [1.54, 1.807) is 24.4 Å². The van der Waals surface area contributed by atoms with Gasteiger partial charge in [0.05, 0.1) is 53.9 Å². The van der Waals surface area contributed by atoms with E-state index >= 15 is 0 Å². The fourth-order valence-corrected chi connectivity index (χ4v) is 6.01. The Labute approximate surface area is 198 Å². The number of rotatable bonds is 5. The second kappa shape index (κ2) is 9.67. The predicted molar refractivity (Wildman–Crippen MR) is 128 cm³/mol. The Bertz CT molecular complexity index is 1100. The zero-order valence-corrected chi connectivity index (χ0v) is 20.8. The first kappa shape index (κ1) is 24.1. The first-order valence-corrected chi connectivity index (χ1v) is 13.2. The molecule has 11 heteroatoms. The number of aromatic nitrogens is 1. The van der Waals surface area contributed by atoms with Gasteiger partial charge < -0.3 is 19.7 Å². The fourth-order valence-electron chi connectivity index (χ4n) is 3.70. The van der Waals surface area contributed by atoms with E-state index in [2.05, 4.69) is 15.2 Å². The normalized spacial score (nSPS) is 18.3. The average molecular weight is 495 g/mol. The highest BCUT2D eigenvalue weighted by atomic mass is 32.2. The van der Waals surface area contributed by atoms with Gasteiger partial charge in [0.2, 0.25) is 10.0 Å². The minimum atomic E-state index is -3.70. The standard InChI is InChI=1S/C22H30N4O5S2/c1-22(2,3)21-23-15-19(32-21)20(27)24-17-14-16(33(28,29)26-8-12-31-13-9-26)4-5-18(17)25-6-10-30-11-7-25/h4-5,14-15H,6-13H2,1-3H3,(H,24,27). The van der Waals surface area contributed by atoms with Gasteiger partial charge in [0, 0.05) is 31.6 Å². The van der Waals surface area contributed by atoms with Crippen LogP contribution in [0, 0.1) is 0 Å². The van der Waals surface area contributed by atoms with E-state index in [4.69, 9.17) is 9.47 Å². The van der Waals surface area contributed by atoms with Crippen molar-refractivity contribution in [3.63, 3.8) is 0 Å². The Balaban J connectivity index is 1.66. The zero-order chi connectivity index (χ0) is 23.6. The van der Waals surface area contributed by atoms with Crippen molar-refractivity contribution in [2.24, 2.45) is 0 Å². The number of carbonyl (C=O) groups excluding carboxylic acids is 1. The Morgan fingerprint density at radius 2 is 1.70 bits per heavy atom. The van der Waals surface area contributed by atoms with E-state index in [1.807, 2.05) is 20.8 Å². The summed E-state index contributed by atoms with van der Waals surface area (Å²) in [7, 11) is -3.70. The van der Waals surface area contributed by atoms with Crippen molar-refractivity contribution in [2.45, 2.75) is 31.1 Å². The summed E-state index contributed by atoms with van der Waals surface area (Å²) >= 11 is 1.34. The molecule has 1 amide bonds. The number of nitrogens with zero attached hydrogens (tertiary/aromatic N) is 3. The Morgan fingerprint density at radius 3 is 2.30 bits per heavy atom. The molecule has 0 radical (unpaired) electrons. The molecular formula is C22H30N4O5S2. The molecule has 3 heterocycles. The maximum atomic E-state index is 13.2. The summed E-state index contributed by atoms with van der Waals surface area (Å²) in [5.41, 5.74) is 1.07. The van der Waals surface area contributed by atoms with Gasteiger partial charge in [-0.05, 0) is 18.2 Å². The largest absolute Gasteiger partial charge is 0.379 e. The van der Waals surface area contributed by atoms with Gasteiger partial charge in [-0.2, -0.15) is 4.31 Å². The van der Waals surface area contributed by atoms with E-state index < -0.39 is 10.0 Å². The van der Waals surface area contributed by atoms with Crippen molar-refractivity contribution in [3.05, 3.63) is 34.3 Å². The van der Waals surface area contributed by atoms with Crippen molar-refractivity contribution in [3.8, 4) is 0 Å². The molecule has 0 atom stereocenters. The summed E-state index contributed by atoms with van der Waals surface area (Å²) in [5.74, 6) is -0.307. The molecule has 0 saturated carbocycles. The lowest BCUT2D eigenvalue weighted by Crippen LogP contribution is -2.40. The molecule has 0 aliphatic carbocycles. The van der Waals surface area contributed by atoms with Crippen LogP contribution in [0.5, 0.6) is 0 Å². The molecule has 1 aromatic carbocycles. The van der Waals surface area contributed by atoms with Gasteiger partial charge in [-0.15, -0.1) is 11.3 Å². The number of nitrogens with one attached hydrogen (secondary N) is 1. The van der Waals surface area contributed by atoms with Crippen LogP contribution in [0.3, 0.4) is 0 Å². The summed E-state index contributed by atoms with van der Waals surface area (Å²) < 4.78 is 38.6. The van der Waals surface area contributed by atoms with Crippen LogP contribution in [-0.2, 0) is 24.9 Å². The molecule has 1 aromatic heterocycles. The van der Waals surface area contributed by atoms with E-state index in [9.17, 15) is 13.2 Å². The topological polar surface area (TPSA) is 101 Å². The lowest BCUT2D eigenvalue weighted by atomic mass is 9.98. The summed E-state index contributed by atoms with van der Waals surface area (Å²) in [5, 5.41) is 3.81. The van der Waals surface area contributed by atoms with Crippen LogP contribution in [0.25, 0.3) is 0 Å². The number of morpholine rings is 2. The molecule has 2 fully saturated rings. The maximum absolute atomic E-state index is 13.2. The predicted octanol–water partition coefficient (Wildman–Crippen LogP) is 2.55. The molecule has 33 heavy (non-hydrogen) atoms. The third-order valence-corrected chi connectivity index (χ3v) is 8.86. The van der Waals surface area contributed by atoms with E-state index in [-0.39, 0.29) is 16.2 Å². The van der Waals surface area contributed by atoms with Crippen LogP contribution < -0.4 is 10.2 Å². The number of thiazole rings is 1. The van der Waals surface area contributed by atoms with E-state index in [0.29, 0.717) is 63.2 Å². The highest BCUT2D eigenvalue weighted by molar-refractivity contribution is 7.89. The number of carbonyl (C=O) groups is 1. The molecule has 2 saturated heterocycles. The summed E-state index contributed by atoms with van der Waals surface area (Å²) in [6, 6.07) is 4.93. The Hall–Kier alpha value is -2.05. The van der Waals surface area contributed by atoms with Gasteiger partial charge in [0.15, 0.2) is 0 Å². The molecule has 1 N–H and O–H groups in total. The summed E-state index contributed by atoms with van der Waals surface area (Å²) in [6.07, 6.45) is 1.57. The van der Waals surface area contributed by atoms with Gasteiger partial charge in [-0.3, -0.25) is 4.79 Å². The molecule has 2 aliphatic rings. The van der Waals surface area contributed by atoms with Crippen molar-refractivity contribution in [1.82, 2.24) is 9.29 Å². The number of anilines is 2. The second-order valence-electron chi connectivity index (χ2n) is 9.03. The third kappa shape index (κ3) is 5.38. The summed E-state index contributed by atoms with van der Waals surface area (Å²) in [4.78, 5) is 20.2. The molecular weight excluding hydrogens is 464 g/mol. The molecule has 4 rings (SSSR count). The fraction of sp³-hybridized carbons (Fsp3) is 0.545. The zero-order valence-electron chi connectivity index (χ0n) is 19.2. The Morgan fingerprint density at radius 1 is 1.06 bits per heavy atom. The first-order chi connectivity index (χ1) is 15.7. The monoisotopic (exact) mass is 494 g/mol. The van der Waals surface area contributed by atoms with Crippen LogP contribution >= 0.6 is 11.3 Å². The SMILES string of the molecule is CC(C)(C)c1ncc(C(=O)Nc2cc(S(=O)(=O)N3CCOCC3)ccc2N2CCOCC2)s1. The van der Waals surface area contributed by atoms with Gasteiger partial charge in [0.1, 0.15) is 4.88 Å². The van der Waals surface area contributed by atoms with Crippen LogP contribution in [0.1, 0.15) is 35.5 Å². The van der Waals surface area contributed by atoms with E-state index in [1.165, 1.54) is 15.6 Å². The molecule has 2 aliphatic heterocycles.